The van der Waals surface area contributed by atoms with E-state index in [0.29, 0.717) is 3.57 Å². The predicted molar refractivity (Wildman–Crippen MR) is 73.6 cm³/mol. The Kier molecular flexibility index (Phi) is 5.38. The molecule has 0 aromatic heterocycles. The van der Waals surface area contributed by atoms with E-state index < -0.39 is 36.8 Å². The second-order valence-electron chi connectivity index (χ2n) is 3.94. The molecule has 0 aliphatic rings. The van der Waals surface area contributed by atoms with Gasteiger partial charge in [-0.3, -0.25) is 0 Å². The second kappa shape index (κ2) is 6.75. The van der Waals surface area contributed by atoms with E-state index in [1.165, 1.54) is 12.1 Å². The number of benzene rings is 2. The summed E-state index contributed by atoms with van der Waals surface area (Å²) in [4.78, 5) is 0. The van der Waals surface area contributed by atoms with Crippen molar-refractivity contribution in [2.45, 2.75) is 5.51 Å². The van der Waals surface area contributed by atoms with Gasteiger partial charge in [0.2, 0.25) is 3.57 Å². The summed E-state index contributed by atoms with van der Waals surface area (Å²) in [5.41, 5.74) is -5.45. The summed E-state index contributed by atoms with van der Waals surface area (Å²) in [6.07, 6.45) is 0. The predicted octanol–water partition coefficient (Wildman–Crippen LogP) is 0.806. The molecule has 0 atom stereocenters. The van der Waals surface area contributed by atoms with Gasteiger partial charge in [0.1, 0.15) is 0 Å². The van der Waals surface area contributed by atoms with E-state index in [4.69, 9.17) is 0 Å². The molecule has 2 aromatic rings. The lowest BCUT2D eigenvalue weighted by Gasteiger charge is -2.08. The highest BCUT2D eigenvalue weighted by atomic mass is 127. The van der Waals surface area contributed by atoms with Gasteiger partial charge in [0.15, 0.2) is 9.32 Å². The third-order valence-corrected chi connectivity index (χ3v) is 6.64. The average molecular weight is 508 g/mol. The number of para-hydroxylation sites is 1. The Morgan fingerprint density at radius 1 is 1.00 bits per heavy atom. The quantitative estimate of drug-likeness (QED) is 0.349. The van der Waals surface area contributed by atoms with Crippen LogP contribution >= 0.6 is 15.9 Å². The molecule has 0 aliphatic heterocycles. The van der Waals surface area contributed by atoms with Gasteiger partial charge < -0.3 is 4.18 Å². The van der Waals surface area contributed by atoms with Crippen LogP contribution in [0.1, 0.15) is 0 Å². The molecule has 2 rings (SSSR count). The molecule has 0 N–H and O–H groups in total. The smallest absolute Gasteiger partial charge is 0.371 e. The topological polar surface area (TPSA) is 43.4 Å². The Balaban J connectivity index is 2.29. The molecule has 2 aromatic carbocycles. The van der Waals surface area contributed by atoms with Crippen molar-refractivity contribution in [1.82, 2.24) is 0 Å². The molecule has 0 heterocycles. The second-order valence-corrected chi connectivity index (χ2v) is 9.35. The summed E-state index contributed by atoms with van der Waals surface area (Å²) in [6, 6.07) is 13.1. The van der Waals surface area contributed by atoms with Crippen molar-refractivity contribution < 1.29 is 47.0 Å². The molecular weight excluding hydrogens is 500 g/mol. The molecule has 3 nitrogen and oxygen atoms in total. The molecule has 0 bridgehead atoms. The average Bonchev–Trinajstić information content (AvgIpc) is 2.42. The zero-order valence-corrected chi connectivity index (χ0v) is 15.2. The zero-order chi connectivity index (χ0) is 16.4. The van der Waals surface area contributed by atoms with Crippen LogP contribution in [0.5, 0.6) is 5.75 Å². The molecule has 0 saturated carbocycles. The zero-order valence-electron chi connectivity index (χ0n) is 10.6. The SMILES string of the molecule is O=S(=O)(Oc1ccccc1[I+]c1ccc(Br)cc1)C(F)(F)F. The summed E-state index contributed by atoms with van der Waals surface area (Å²) >= 11 is 2.42. The Hall–Kier alpha value is -0.810. The Bertz CT molecular complexity index is 761. The van der Waals surface area contributed by atoms with E-state index in [-0.39, 0.29) is 5.75 Å². The van der Waals surface area contributed by atoms with Gasteiger partial charge in [-0.2, -0.15) is 21.6 Å². The summed E-state index contributed by atoms with van der Waals surface area (Å²) in [5.74, 6) is -0.282. The van der Waals surface area contributed by atoms with Gasteiger partial charge in [0, 0.05) is 4.47 Å². The minimum atomic E-state index is -5.66. The third kappa shape index (κ3) is 4.35. The highest BCUT2D eigenvalue weighted by Crippen LogP contribution is 2.26. The minimum Gasteiger partial charge on any atom is -0.371 e. The van der Waals surface area contributed by atoms with Crippen LogP contribution in [0.25, 0.3) is 0 Å². The van der Waals surface area contributed by atoms with Gasteiger partial charge in [0.25, 0.3) is 0 Å². The van der Waals surface area contributed by atoms with Gasteiger partial charge in [-0.15, -0.1) is 0 Å². The first kappa shape index (κ1) is 17.5. The van der Waals surface area contributed by atoms with Crippen LogP contribution in [0.4, 0.5) is 13.2 Å². The van der Waals surface area contributed by atoms with Gasteiger partial charge in [0.05, 0.1) is 0 Å². The number of halogens is 5. The minimum absolute atomic E-state index is 0.282. The first-order chi connectivity index (χ1) is 10.2. The van der Waals surface area contributed by atoms with Crippen molar-refractivity contribution in [2.75, 3.05) is 0 Å². The third-order valence-electron chi connectivity index (χ3n) is 2.33. The highest BCUT2D eigenvalue weighted by molar-refractivity contribution is 9.10. The molecular formula is C13H8BrF3IO3S+. The van der Waals surface area contributed by atoms with Gasteiger partial charge in [-0.1, -0.05) is 28.1 Å². The normalized spacial score (nSPS) is 12.2. The number of hydrogen-bond donors (Lipinski definition) is 0. The van der Waals surface area contributed by atoms with Gasteiger partial charge in [-0.05, 0) is 36.4 Å². The summed E-state index contributed by atoms with van der Waals surface area (Å²) < 4.78 is 66.0. The standard InChI is InChI=1S/C13H8BrF3IO3S/c14-9-5-7-10(8-6-9)18-11-3-1-2-4-12(11)21-22(19,20)13(15,16)17/h1-8H/q+1. The van der Waals surface area contributed by atoms with E-state index in [1.54, 1.807) is 12.1 Å². The molecule has 22 heavy (non-hydrogen) atoms. The first-order valence-electron chi connectivity index (χ1n) is 5.69. The fourth-order valence-electron chi connectivity index (χ4n) is 1.37. The van der Waals surface area contributed by atoms with Crippen molar-refractivity contribution in [1.29, 1.82) is 0 Å². The number of alkyl halides is 3. The van der Waals surface area contributed by atoms with Gasteiger partial charge in [-0.25, -0.2) is 0 Å². The summed E-state index contributed by atoms with van der Waals surface area (Å²) in [7, 11) is -5.66. The van der Waals surface area contributed by atoms with Crippen molar-refractivity contribution >= 4 is 26.0 Å². The van der Waals surface area contributed by atoms with E-state index >= 15 is 0 Å². The largest absolute Gasteiger partial charge is 0.534 e. The van der Waals surface area contributed by atoms with Crippen LogP contribution in [0.2, 0.25) is 0 Å². The van der Waals surface area contributed by atoms with E-state index in [0.717, 1.165) is 8.04 Å². The maximum atomic E-state index is 12.4. The Labute approximate surface area is 144 Å². The Morgan fingerprint density at radius 2 is 1.59 bits per heavy atom. The van der Waals surface area contributed by atoms with Crippen molar-refractivity contribution in [3.05, 3.63) is 60.1 Å². The first-order valence-corrected chi connectivity index (χ1v) is 10.0. The molecule has 0 spiro atoms. The lowest BCUT2D eigenvalue weighted by Crippen LogP contribution is -3.61. The van der Waals surface area contributed by atoms with Crippen molar-refractivity contribution in [2.24, 2.45) is 0 Å². The Morgan fingerprint density at radius 3 is 2.18 bits per heavy atom. The summed E-state index contributed by atoms with van der Waals surface area (Å²) in [5, 5.41) is 0. The highest BCUT2D eigenvalue weighted by Gasteiger charge is 2.49. The molecule has 118 valence electrons. The van der Waals surface area contributed by atoms with E-state index in [9.17, 15) is 21.6 Å². The maximum absolute atomic E-state index is 12.4. The van der Waals surface area contributed by atoms with Crippen molar-refractivity contribution in [3.63, 3.8) is 0 Å². The fraction of sp³-hybridized carbons (Fsp3) is 0.0769. The van der Waals surface area contributed by atoms with Crippen LogP contribution in [-0.4, -0.2) is 13.9 Å². The van der Waals surface area contributed by atoms with Crippen LogP contribution in [0, 0.1) is 7.14 Å². The van der Waals surface area contributed by atoms with Crippen molar-refractivity contribution in [3.8, 4) is 5.75 Å². The van der Waals surface area contributed by atoms with E-state index in [2.05, 4.69) is 20.1 Å². The molecule has 0 saturated heterocycles. The molecule has 0 amide bonds. The number of hydrogen-bond acceptors (Lipinski definition) is 3. The van der Waals surface area contributed by atoms with E-state index in [1.807, 2.05) is 24.3 Å². The van der Waals surface area contributed by atoms with Gasteiger partial charge >= 0.3 is 36.8 Å². The molecule has 0 unspecified atom stereocenters. The summed E-state index contributed by atoms with van der Waals surface area (Å²) in [6.45, 7) is 0. The lowest BCUT2D eigenvalue weighted by atomic mass is 10.3. The van der Waals surface area contributed by atoms with Crippen LogP contribution in [-0.2, 0) is 10.1 Å². The molecule has 0 aliphatic carbocycles. The molecule has 9 heteroatoms. The number of rotatable bonds is 4. The lowest BCUT2D eigenvalue weighted by molar-refractivity contribution is -0.598. The van der Waals surface area contributed by atoms with Crippen LogP contribution < -0.4 is 25.4 Å². The van der Waals surface area contributed by atoms with Crippen LogP contribution in [0.3, 0.4) is 0 Å². The molecule has 0 radical (unpaired) electrons. The fourth-order valence-corrected chi connectivity index (χ4v) is 4.59. The maximum Gasteiger partial charge on any atom is 0.534 e. The molecule has 0 fully saturated rings. The van der Waals surface area contributed by atoms with Crippen LogP contribution in [0.15, 0.2) is 53.0 Å². The monoisotopic (exact) mass is 507 g/mol.